The van der Waals surface area contributed by atoms with Crippen LogP contribution in [0.3, 0.4) is 0 Å². The Kier molecular flexibility index (Phi) is 7.22. The number of benzene rings is 2. The number of likely N-dealkylation sites (tertiary alicyclic amines) is 1. The van der Waals surface area contributed by atoms with E-state index < -0.39 is 0 Å². The second-order valence-corrected chi connectivity index (χ2v) is 7.01. The van der Waals surface area contributed by atoms with Crippen molar-refractivity contribution in [3.05, 3.63) is 66.0 Å². The van der Waals surface area contributed by atoms with E-state index in [4.69, 9.17) is 4.74 Å². The maximum Gasteiger partial charge on any atom is 0.220 e. The lowest BCUT2D eigenvalue weighted by Crippen LogP contribution is -2.44. The lowest BCUT2D eigenvalue weighted by Gasteiger charge is -2.32. The third kappa shape index (κ3) is 6.68. The van der Waals surface area contributed by atoms with E-state index in [2.05, 4.69) is 10.2 Å². The zero-order valence-corrected chi connectivity index (χ0v) is 15.6. The molecule has 0 unspecified atom stereocenters. The number of hydrogen-bond donors (Lipinski definition) is 1. The Bertz CT molecular complexity index is 698. The Morgan fingerprint density at radius 1 is 1.07 bits per heavy atom. The van der Waals surface area contributed by atoms with Crippen LogP contribution in [0.2, 0.25) is 0 Å². The average Bonchev–Trinajstić information content (AvgIpc) is 2.69. The SMILES string of the molecule is O=C(CCCOc1ccccc1)NC1CCN(Cc2ccc(F)cc2)CC1. The van der Waals surface area contributed by atoms with Crippen LogP contribution in [0.1, 0.15) is 31.2 Å². The van der Waals surface area contributed by atoms with E-state index in [-0.39, 0.29) is 17.8 Å². The molecule has 144 valence electrons. The van der Waals surface area contributed by atoms with Crippen molar-refractivity contribution in [3.63, 3.8) is 0 Å². The molecular formula is C22H27FN2O2. The summed E-state index contributed by atoms with van der Waals surface area (Å²) in [4.78, 5) is 14.5. The smallest absolute Gasteiger partial charge is 0.220 e. The maximum atomic E-state index is 13.0. The van der Waals surface area contributed by atoms with Crippen LogP contribution >= 0.6 is 0 Å². The lowest BCUT2D eigenvalue weighted by molar-refractivity contribution is -0.122. The highest BCUT2D eigenvalue weighted by molar-refractivity contribution is 5.76. The van der Waals surface area contributed by atoms with E-state index >= 15 is 0 Å². The van der Waals surface area contributed by atoms with Gasteiger partial charge in [0.1, 0.15) is 11.6 Å². The van der Waals surface area contributed by atoms with E-state index in [1.54, 1.807) is 0 Å². The highest BCUT2D eigenvalue weighted by atomic mass is 19.1. The molecule has 2 aromatic rings. The largest absolute Gasteiger partial charge is 0.494 e. The van der Waals surface area contributed by atoms with Gasteiger partial charge in [-0.25, -0.2) is 4.39 Å². The van der Waals surface area contributed by atoms with Gasteiger partial charge in [0.2, 0.25) is 5.91 Å². The molecule has 4 nitrogen and oxygen atoms in total. The summed E-state index contributed by atoms with van der Waals surface area (Å²) in [5.41, 5.74) is 1.12. The number of carbonyl (C=O) groups excluding carboxylic acids is 1. The number of halogens is 1. The minimum absolute atomic E-state index is 0.101. The van der Waals surface area contributed by atoms with Crippen molar-refractivity contribution in [2.24, 2.45) is 0 Å². The van der Waals surface area contributed by atoms with E-state index in [9.17, 15) is 9.18 Å². The van der Waals surface area contributed by atoms with Gasteiger partial charge in [-0.15, -0.1) is 0 Å². The van der Waals surface area contributed by atoms with Crippen molar-refractivity contribution in [2.45, 2.75) is 38.3 Å². The van der Waals surface area contributed by atoms with Gasteiger partial charge in [0, 0.05) is 32.1 Å². The molecule has 0 aromatic heterocycles. The first-order valence-corrected chi connectivity index (χ1v) is 9.63. The topological polar surface area (TPSA) is 41.6 Å². The normalized spacial score (nSPS) is 15.4. The summed E-state index contributed by atoms with van der Waals surface area (Å²) >= 11 is 0. The third-order valence-corrected chi connectivity index (χ3v) is 4.83. The molecule has 27 heavy (non-hydrogen) atoms. The molecule has 1 saturated heterocycles. The van der Waals surface area contributed by atoms with Gasteiger partial charge in [-0.3, -0.25) is 9.69 Å². The molecule has 1 aliphatic heterocycles. The van der Waals surface area contributed by atoms with Crippen molar-refractivity contribution in [1.29, 1.82) is 0 Å². The molecule has 1 aliphatic rings. The summed E-state index contributed by atoms with van der Waals surface area (Å²) in [7, 11) is 0. The molecule has 0 bridgehead atoms. The van der Waals surface area contributed by atoms with Crippen molar-refractivity contribution >= 4 is 5.91 Å². The Hall–Kier alpha value is -2.40. The third-order valence-electron chi connectivity index (χ3n) is 4.83. The summed E-state index contributed by atoms with van der Waals surface area (Å²) in [6.45, 7) is 3.27. The lowest BCUT2D eigenvalue weighted by atomic mass is 10.0. The number of rotatable bonds is 8. The number of nitrogens with one attached hydrogen (secondary N) is 1. The van der Waals surface area contributed by atoms with Gasteiger partial charge in [-0.2, -0.15) is 0 Å². The van der Waals surface area contributed by atoms with Crippen molar-refractivity contribution < 1.29 is 13.9 Å². The molecule has 0 radical (unpaired) electrons. The van der Waals surface area contributed by atoms with Gasteiger partial charge >= 0.3 is 0 Å². The summed E-state index contributed by atoms with van der Waals surface area (Å²) in [6, 6.07) is 16.6. The molecule has 0 saturated carbocycles. The van der Waals surface area contributed by atoms with Gasteiger partial charge in [0.05, 0.1) is 6.61 Å². The zero-order valence-electron chi connectivity index (χ0n) is 15.6. The minimum atomic E-state index is -0.200. The van der Waals surface area contributed by atoms with E-state index in [0.717, 1.165) is 43.8 Å². The molecule has 0 atom stereocenters. The maximum absolute atomic E-state index is 13.0. The summed E-state index contributed by atoms with van der Waals surface area (Å²) in [5, 5.41) is 3.14. The molecule has 0 aliphatic carbocycles. The van der Waals surface area contributed by atoms with Gasteiger partial charge in [-0.05, 0) is 49.1 Å². The van der Waals surface area contributed by atoms with Crippen LogP contribution in [-0.4, -0.2) is 36.5 Å². The van der Waals surface area contributed by atoms with Crippen LogP contribution < -0.4 is 10.1 Å². The van der Waals surface area contributed by atoms with Crippen LogP contribution in [0, 0.1) is 5.82 Å². The molecular weight excluding hydrogens is 343 g/mol. The molecule has 3 rings (SSSR count). The van der Waals surface area contributed by atoms with Gasteiger partial charge in [0.15, 0.2) is 0 Å². The van der Waals surface area contributed by atoms with Gasteiger partial charge < -0.3 is 10.1 Å². The molecule has 1 amide bonds. The fourth-order valence-electron chi connectivity index (χ4n) is 3.32. The van der Waals surface area contributed by atoms with E-state index in [1.165, 1.54) is 12.1 Å². The van der Waals surface area contributed by atoms with Crippen molar-refractivity contribution in [2.75, 3.05) is 19.7 Å². The highest BCUT2D eigenvalue weighted by Crippen LogP contribution is 2.15. The summed E-state index contributed by atoms with van der Waals surface area (Å²) in [6.07, 6.45) is 3.10. The molecule has 0 spiro atoms. The second-order valence-electron chi connectivity index (χ2n) is 7.01. The number of piperidine rings is 1. The monoisotopic (exact) mass is 370 g/mol. The van der Waals surface area contributed by atoms with Crippen LogP contribution in [-0.2, 0) is 11.3 Å². The first-order chi connectivity index (χ1) is 13.2. The van der Waals surface area contributed by atoms with Crippen molar-refractivity contribution in [3.8, 4) is 5.75 Å². The molecule has 1 N–H and O–H groups in total. The Labute approximate surface area is 160 Å². The summed E-state index contributed by atoms with van der Waals surface area (Å²) in [5.74, 6) is 0.740. The zero-order chi connectivity index (χ0) is 18.9. The average molecular weight is 370 g/mol. The van der Waals surface area contributed by atoms with Crippen LogP contribution in [0.25, 0.3) is 0 Å². The Morgan fingerprint density at radius 3 is 2.48 bits per heavy atom. The molecule has 1 heterocycles. The number of carbonyl (C=O) groups is 1. The number of hydrogen-bond acceptors (Lipinski definition) is 3. The number of para-hydroxylation sites is 1. The number of nitrogens with zero attached hydrogens (tertiary/aromatic N) is 1. The molecule has 2 aromatic carbocycles. The van der Waals surface area contributed by atoms with Gasteiger partial charge in [0.25, 0.3) is 0 Å². The first kappa shape index (κ1) is 19.4. The predicted molar refractivity (Wildman–Crippen MR) is 104 cm³/mol. The van der Waals surface area contributed by atoms with Crippen LogP contribution in [0.4, 0.5) is 4.39 Å². The van der Waals surface area contributed by atoms with Gasteiger partial charge in [-0.1, -0.05) is 30.3 Å². The fourth-order valence-corrected chi connectivity index (χ4v) is 3.32. The van der Waals surface area contributed by atoms with Crippen LogP contribution in [0.5, 0.6) is 5.75 Å². The number of amides is 1. The second kappa shape index (κ2) is 10.1. The van der Waals surface area contributed by atoms with E-state index in [1.807, 2.05) is 42.5 Å². The molecule has 1 fully saturated rings. The Balaban J connectivity index is 1.29. The molecule has 5 heteroatoms. The summed E-state index contributed by atoms with van der Waals surface area (Å²) < 4.78 is 18.6. The quantitative estimate of drug-likeness (QED) is 0.720. The van der Waals surface area contributed by atoms with Crippen LogP contribution in [0.15, 0.2) is 54.6 Å². The number of ether oxygens (including phenoxy) is 1. The minimum Gasteiger partial charge on any atom is -0.494 e. The first-order valence-electron chi connectivity index (χ1n) is 9.63. The fraction of sp³-hybridized carbons (Fsp3) is 0.409. The van der Waals surface area contributed by atoms with E-state index in [0.29, 0.717) is 19.4 Å². The Morgan fingerprint density at radius 2 is 1.78 bits per heavy atom. The van der Waals surface area contributed by atoms with Crippen molar-refractivity contribution in [1.82, 2.24) is 10.2 Å². The highest BCUT2D eigenvalue weighted by Gasteiger charge is 2.20. The standard InChI is InChI=1S/C22H27FN2O2/c23-19-10-8-18(9-11-19)17-25-14-12-20(13-15-25)24-22(26)7-4-16-27-21-5-2-1-3-6-21/h1-3,5-6,8-11,20H,4,7,12-17H2,(H,24,26). The predicted octanol–water partition coefficient (Wildman–Crippen LogP) is 3.77.